The molecule has 0 aromatic carbocycles. The Hall–Kier alpha value is -1.36. The minimum Gasteiger partial charge on any atom is -0.339 e. The first kappa shape index (κ1) is 15.0. The standard InChI is InChI=1S/C15H25N3O2/c1-4-14(19)16-7-9-17(10-8-16)15(20)13-5-6-18(11-13)12(2)3/h4,12-13H,1,5-11H2,2-3H3. The summed E-state index contributed by atoms with van der Waals surface area (Å²) in [7, 11) is 0. The van der Waals surface area contributed by atoms with Crippen molar-refractivity contribution in [2.24, 2.45) is 5.92 Å². The SMILES string of the molecule is C=CC(=O)N1CCN(C(=O)C2CCN(C(C)C)C2)CC1. The molecule has 0 N–H and O–H groups in total. The maximum Gasteiger partial charge on any atom is 0.246 e. The van der Waals surface area contributed by atoms with E-state index in [0.717, 1.165) is 19.5 Å². The first-order valence-corrected chi connectivity index (χ1v) is 7.47. The Bertz CT molecular complexity index is 387. The topological polar surface area (TPSA) is 43.9 Å². The van der Waals surface area contributed by atoms with Gasteiger partial charge in [0.2, 0.25) is 11.8 Å². The first-order chi connectivity index (χ1) is 9.52. The lowest BCUT2D eigenvalue weighted by molar-refractivity contribution is -0.140. The van der Waals surface area contributed by atoms with E-state index in [-0.39, 0.29) is 17.7 Å². The van der Waals surface area contributed by atoms with Gasteiger partial charge >= 0.3 is 0 Å². The number of piperazine rings is 1. The van der Waals surface area contributed by atoms with E-state index in [1.54, 1.807) is 4.90 Å². The van der Waals surface area contributed by atoms with E-state index in [4.69, 9.17) is 0 Å². The predicted molar refractivity (Wildman–Crippen MR) is 78.2 cm³/mol. The molecule has 2 aliphatic heterocycles. The Kier molecular flexibility index (Phi) is 4.81. The van der Waals surface area contributed by atoms with Crippen LogP contribution >= 0.6 is 0 Å². The van der Waals surface area contributed by atoms with Crippen LogP contribution in [0.4, 0.5) is 0 Å². The summed E-state index contributed by atoms with van der Waals surface area (Å²) in [5.41, 5.74) is 0. The van der Waals surface area contributed by atoms with Gasteiger partial charge in [0, 0.05) is 38.8 Å². The van der Waals surface area contributed by atoms with Gasteiger partial charge in [0.25, 0.3) is 0 Å². The molecule has 2 saturated heterocycles. The third kappa shape index (κ3) is 3.20. The smallest absolute Gasteiger partial charge is 0.246 e. The summed E-state index contributed by atoms with van der Waals surface area (Å²) in [6, 6.07) is 0.509. The minimum atomic E-state index is -0.0380. The molecule has 112 valence electrons. The highest BCUT2D eigenvalue weighted by Crippen LogP contribution is 2.21. The molecule has 2 aliphatic rings. The first-order valence-electron chi connectivity index (χ1n) is 7.47. The van der Waals surface area contributed by atoms with Gasteiger partial charge in [-0.05, 0) is 32.9 Å². The zero-order valence-corrected chi connectivity index (χ0v) is 12.5. The molecule has 0 saturated carbocycles. The van der Waals surface area contributed by atoms with Gasteiger partial charge in [-0.25, -0.2) is 0 Å². The van der Waals surface area contributed by atoms with Crippen LogP contribution in [0.1, 0.15) is 20.3 Å². The fraction of sp³-hybridized carbons (Fsp3) is 0.733. The zero-order valence-electron chi connectivity index (χ0n) is 12.5. The van der Waals surface area contributed by atoms with Crippen molar-refractivity contribution >= 4 is 11.8 Å². The Morgan fingerprint density at radius 1 is 1.10 bits per heavy atom. The number of nitrogens with zero attached hydrogens (tertiary/aromatic N) is 3. The maximum atomic E-state index is 12.5. The summed E-state index contributed by atoms with van der Waals surface area (Å²) in [5.74, 6) is 0.363. The molecule has 0 aromatic heterocycles. The van der Waals surface area contributed by atoms with Crippen molar-refractivity contribution in [2.75, 3.05) is 39.3 Å². The lowest BCUT2D eigenvalue weighted by Crippen LogP contribution is -2.51. The Balaban J connectivity index is 1.83. The average Bonchev–Trinajstić information content (AvgIpc) is 2.96. The predicted octanol–water partition coefficient (Wildman–Crippen LogP) is 0.573. The molecule has 0 bridgehead atoms. The molecule has 0 radical (unpaired) electrons. The van der Waals surface area contributed by atoms with E-state index < -0.39 is 0 Å². The number of rotatable bonds is 3. The van der Waals surface area contributed by atoms with Gasteiger partial charge in [-0.1, -0.05) is 6.58 Å². The molecule has 5 heteroatoms. The molecule has 20 heavy (non-hydrogen) atoms. The van der Waals surface area contributed by atoms with E-state index >= 15 is 0 Å². The molecule has 0 spiro atoms. The number of carbonyl (C=O) groups is 2. The normalized spacial score (nSPS) is 24.2. The fourth-order valence-corrected chi connectivity index (χ4v) is 2.99. The zero-order chi connectivity index (χ0) is 14.7. The summed E-state index contributed by atoms with van der Waals surface area (Å²) < 4.78 is 0. The third-order valence-electron chi connectivity index (χ3n) is 4.38. The largest absolute Gasteiger partial charge is 0.339 e. The van der Waals surface area contributed by atoms with Gasteiger partial charge < -0.3 is 14.7 Å². The van der Waals surface area contributed by atoms with Crippen LogP contribution in [0.15, 0.2) is 12.7 Å². The van der Waals surface area contributed by atoms with E-state index in [1.807, 2.05) is 4.90 Å². The summed E-state index contributed by atoms with van der Waals surface area (Å²) in [6.07, 6.45) is 2.30. The van der Waals surface area contributed by atoms with Crippen molar-refractivity contribution in [3.05, 3.63) is 12.7 Å². The maximum absolute atomic E-state index is 12.5. The van der Waals surface area contributed by atoms with Crippen LogP contribution in [0.5, 0.6) is 0 Å². The number of carbonyl (C=O) groups excluding carboxylic acids is 2. The van der Waals surface area contributed by atoms with Crippen LogP contribution in [0, 0.1) is 5.92 Å². The van der Waals surface area contributed by atoms with Gasteiger partial charge in [-0.15, -0.1) is 0 Å². The Morgan fingerprint density at radius 2 is 1.70 bits per heavy atom. The lowest BCUT2D eigenvalue weighted by atomic mass is 10.1. The van der Waals surface area contributed by atoms with Gasteiger partial charge in [-0.2, -0.15) is 0 Å². The van der Waals surface area contributed by atoms with Crippen LogP contribution in [0.2, 0.25) is 0 Å². The van der Waals surface area contributed by atoms with Crippen molar-refractivity contribution in [3.63, 3.8) is 0 Å². The number of hydrogen-bond acceptors (Lipinski definition) is 3. The molecule has 2 fully saturated rings. The molecule has 2 rings (SSSR count). The van der Waals surface area contributed by atoms with Gasteiger partial charge in [-0.3, -0.25) is 9.59 Å². The fourth-order valence-electron chi connectivity index (χ4n) is 2.99. The van der Waals surface area contributed by atoms with Gasteiger partial charge in [0.15, 0.2) is 0 Å². The molecule has 1 atom stereocenters. The highest BCUT2D eigenvalue weighted by molar-refractivity contribution is 5.87. The monoisotopic (exact) mass is 279 g/mol. The number of likely N-dealkylation sites (tertiary alicyclic amines) is 1. The molecule has 1 unspecified atom stereocenters. The van der Waals surface area contributed by atoms with Crippen molar-refractivity contribution in [3.8, 4) is 0 Å². The second kappa shape index (κ2) is 6.39. The summed E-state index contributed by atoms with van der Waals surface area (Å²) in [6.45, 7) is 12.3. The third-order valence-corrected chi connectivity index (χ3v) is 4.38. The van der Waals surface area contributed by atoms with E-state index in [2.05, 4.69) is 25.3 Å². The van der Waals surface area contributed by atoms with E-state index in [1.165, 1.54) is 6.08 Å². The van der Waals surface area contributed by atoms with E-state index in [9.17, 15) is 9.59 Å². The second-order valence-electron chi connectivity index (χ2n) is 5.93. The molecular weight excluding hydrogens is 254 g/mol. The number of hydrogen-bond donors (Lipinski definition) is 0. The van der Waals surface area contributed by atoms with E-state index in [0.29, 0.717) is 32.2 Å². The molecular formula is C15H25N3O2. The molecule has 2 heterocycles. The van der Waals surface area contributed by atoms with Crippen LogP contribution in [0.3, 0.4) is 0 Å². The quantitative estimate of drug-likeness (QED) is 0.710. The van der Waals surface area contributed by atoms with Crippen molar-refractivity contribution in [2.45, 2.75) is 26.3 Å². The molecule has 5 nitrogen and oxygen atoms in total. The highest BCUT2D eigenvalue weighted by Gasteiger charge is 2.33. The highest BCUT2D eigenvalue weighted by atomic mass is 16.2. The molecule has 2 amide bonds. The summed E-state index contributed by atoms with van der Waals surface area (Å²) in [5, 5.41) is 0. The lowest BCUT2D eigenvalue weighted by Gasteiger charge is -2.35. The van der Waals surface area contributed by atoms with Crippen LogP contribution < -0.4 is 0 Å². The van der Waals surface area contributed by atoms with Crippen LogP contribution in [-0.4, -0.2) is 71.8 Å². The Labute approximate surface area is 121 Å². The summed E-state index contributed by atoms with van der Waals surface area (Å²) in [4.78, 5) is 30.0. The van der Waals surface area contributed by atoms with Crippen LogP contribution in [-0.2, 0) is 9.59 Å². The molecule has 0 aromatic rings. The number of amides is 2. The summed E-state index contributed by atoms with van der Waals surface area (Å²) >= 11 is 0. The Morgan fingerprint density at radius 3 is 2.20 bits per heavy atom. The van der Waals surface area contributed by atoms with Crippen molar-refractivity contribution < 1.29 is 9.59 Å². The van der Waals surface area contributed by atoms with Gasteiger partial charge in [0.1, 0.15) is 0 Å². The van der Waals surface area contributed by atoms with Crippen LogP contribution in [0.25, 0.3) is 0 Å². The molecule has 0 aliphatic carbocycles. The second-order valence-corrected chi connectivity index (χ2v) is 5.93. The minimum absolute atomic E-state index is 0.0380. The van der Waals surface area contributed by atoms with Crippen molar-refractivity contribution in [1.82, 2.24) is 14.7 Å². The van der Waals surface area contributed by atoms with Gasteiger partial charge in [0.05, 0.1) is 5.92 Å². The van der Waals surface area contributed by atoms with Crippen molar-refractivity contribution in [1.29, 1.82) is 0 Å². The average molecular weight is 279 g/mol.